The van der Waals surface area contributed by atoms with Crippen molar-refractivity contribution in [1.29, 1.82) is 0 Å². The van der Waals surface area contributed by atoms with Gasteiger partial charge >= 0.3 is 0 Å². The normalized spacial score (nSPS) is 18.3. The molecule has 0 radical (unpaired) electrons. The van der Waals surface area contributed by atoms with Crippen LogP contribution in [0.5, 0.6) is 0 Å². The average Bonchev–Trinajstić information content (AvgIpc) is 3.02. The number of aromatic nitrogens is 2. The third-order valence-corrected chi connectivity index (χ3v) is 4.46. The lowest BCUT2D eigenvalue weighted by molar-refractivity contribution is -0.0167. The molecule has 2 aromatic rings. The van der Waals surface area contributed by atoms with Crippen molar-refractivity contribution in [3.8, 4) is 0 Å². The van der Waals surface area contributed by atoms with E-state index in [9.17, 15) is 5.11 Å². The van der Waals surface area contributed by atoms with Gasteiger partial charge in [0, 0.05) is 19.3 Å². The Hall–Kier alpha value is -1.69. The Morgan fingerprint density at radius 3 is 3.12 bits per heavy atom. The summed E-state index contributed by atoms with van der Waals surface area (Å²) < 4.78 is 7.89. The number of nitrogens with one attached hydrogen (secondary N) is 1. The number of aliphatic hydroxyl groups excluding tert-OH is 1. The Balaban J connectivity index is 1.36. The van der Waals surface area contributed by atoms with Gasteiger partial charge in [0.2, 0.25) is 0 Å². The van der Waals surface area contributed by atoms with E-state index in [-0.39, 0.29) is 6.10 Å². The molecular formula is C19H27N3O2. The SMILES string of the molecule is Cc1cnn(CCNC[C@H](O)CO[C@@H]2CCCc3ccccc32)c1. The topological polar surface area (TPSA) is 59.3 Å². The van der Waals surface area contributed by atoms with Crippen LogP contribution in [-0.4, -0.2) is 40.7 Å². The van der Waals surface area contributed by atoms with Crippen LogP contribution in [0, 0.1) is 6.92 Å². The van der Waals surface area contributed by atoms with Gasteiger partial charge in [-0.2, -0.15) is 5.10 Å². The molecule has 0 fully saturated rings. The summed E-state index contributed by atoms with van der Waals surface area (Å²) >= 11 is 0. The van der Waals surface area contributed by atoms with Gasteiger partial charge in [-0.1, -0.05) is 24.3 Å². The van der Waals surface area contributed by atoms with E-state index in [1.807, 2.05) is 24.0 Å². The first-order valence-electron chi connectivity index (χ1n) is 8.79. The first-order valence-corrected chi connectivity index (χ1v) is 8.79. The van der Waals surface area contributed by atoms with Crippen LogP contribution < -0.4 is 5.32 Å². The zero-order valence-electron chi connectivity index (χ0n) is 14.3. The minimum absolute atomic E-state index is 0.122. The van der Waals surface area contributed by atoms with Crippen LogP contribution in [0.1, 0.15) is 35.6 Å². The van der Waals surface area contributed by atoms with Crippen molar-refractivity contribution in [2.75, 3.05) is 19.7 Å². The molecule has 5 heteroatoms. The van der Waals surface area contributed by atoms with Gasteiger partial charge in [0.1, 0.15) is 0 Å². The molecule has 1 aromatic carbocycles. The summed E-state index contributed by atoms with van der Waals surface area (Å²) in [6.07, 6.45) is 6.82. The molecule has 2 N–H and O–H groups in total. The predicted molar refractivity (Wildman–Crippen MR) is 93.9 cm³/mol. The highest BCUT2D eigenvalue weighted by atomic mass is 16.5. The first kappa shape index (κ1) is 17.1. The van der Waals surface area contributed by atoms with Gasteiger partial charge in [-0.05, 0) is 42.9 Å². The number of hydrogen-bond acceptors (Lipinski definition) is 4. The van der Waals surface area contributed by atoms with E-state index < -0.39 is 6.10 Å². The molecule has 1 aliphatic carbocycles. The van der Waals surface area contributed by atoms with Crippen LogP contribution in [-0.2, 0) is 17.7 Å². The standard InChI is InChI=1S/C19H27N3O2/c1-15-11-21-22(13-15)10-9-20-12-17(23)14-24-19-8-4-6-16-5-2-3-7-18(16)19/h2-3,5,7,11,13,17,19-20,23H,4,6,8-10,12,14H2,1H3/t17-,19+/m0/s1. The summed E-state index contributed by atoms with van der Waals surface area (Å²) in [5, 5.41) is 17.6. The number of nitrogens with zero attached hydrogens (tertiary/aromatic N) is 2. The van der Waals surface area contributed by atoms with E-state index in [0.717, 1.165) is 37.9 Å². The van der Waals surface area contributed by atoms with Gasteiger partial charge in [0.05, 0.1) is 31.6 Å². The molecule has 2 atom stereocenters. The molecule has 0 bridgehead atoms. The van der Waals surface area contributed by atoms with Crippen molar-refractivity contribution in [3.05, 3.63) is 53.3 Å². The van der Waals surface area contributed by atoms with Gasteiger partial charge in [-0.25, -0.2) is 0 Å². The molecule has 5 nitrogen and oxygen atoms in total. The van der Waals surface area contributed by atoms with Crippen LogP contribution in [0.2, 0.25) is 0 Å². The number of aliphatic hydroxyl groups is 1. The summed E-state index contributed by atoms with van der Waals surface area (Å²) in [5.41, 5.74) is 3.84. The molecule has 24 heavy (non-hydrogen) atoms. The molecule has 0 amide bonds. The molecule has 1 aliphatic rings. The van der Waals surface area contributed by atoms with Crippen molar-refractivity contribution in [2.45, 2.75) is 44.9 Å². The van der Waals surface area contributed by atoms with Crippen molar-refractivity contribution in [3.63, 3.8) is 0 Å². The molecule has 3 rings (SSSR count). The number of ether oxygens (including phenoxy) is 1. The van der Waals surface area contributed by atoms with Crippen LogP contribution >= 0.6 is 0 Å². The molecule has 0 aliphatic heterocycles. The Morgan fingerprint density at radius 1 is 1.42 bits per heavy atom. The lowest BCUT2D eigenvalue weighted by atomic mass is 9.89. The third kappa shape index (κ3) is 4.66. The molecular weight excluding hydrogens is 302 g/mol. The maximum absolute atomic E-state index is 10.1. The van der Waals surface area contributed by atoms with Crippen LogP contribution in [0.3, 0.4) is 0 Å². The summed E-state index contributed by atoms with van der Waals surface area (Å²) in [6, 6.07) is 8.48. The second-order valence-electron chi connectivity index (χ2n) is 6.55. The minimum atomic E-state index is -0.488. The smallest absolute Gasteiger partial charge is 0.0897 e. The second-order valence-corrected chi connectivity index (χ2v) is 6.55. The number of rotatable bonds is 8. The number of benzene rings is 1. The van der Waals surface area contributed by atoms with Gasteiger partial charge in [-0.3, -0.25) is 4.68 Å². The fraction of sp³-hybridized carbons (Fsp3) is 0.526. The Morgan fingerprint density at radius 2 is 2.29 bits per heavy atom. The van der Waals surface area contributed by atoms with E-state index in [0.29, 0.717) is 13.2 Å². The monoisotopic (exact) mass is 329 g/mol. The molecule has 0 spiro atoms. The summed E-state index contributed by atoms with van der Waals surface area (Å²) in [6.45, 7) is 4.52. The lowest BCUT2D eigenvalue weighted by Crippen LogP contribution is -2.33. The Labute approximate surface area is 143 Å². The van der Waals surface area contributed by atoms with Gasteiger partial charge < -0.3 is 15.2 Å². The van der Waals surface area contributed by atoms with E-state index in [1.165, 1.54) is 11.1 Å². The van der Waals surface area contributed by atoms with Crippen molar-refractivity contribution in [1.82, 2.24) is 15.1 Å². The molecule has 0 saturated carbocycles. The van der Waals surface area contributed by atoms with Crippen LogP contribution in [0.25, 0.3) is 0 Å². The molecule has 1 heterocycles. The third-order valence-electron chi connectivity index (χ3n) is 4.46. The van der Waals surface area contributed by atoms with Crippen LogP contribution in [0.15, 0.2) is 36.7 Å². The maximum atomic E-state index is 10.1. The Kier molecular flexibility index (Phi) is 6.01. The molecule has 0 unspecified atom stereocenters. The second kappa shape index (κ2) is 8.42. The van der Waals surface area contributed by atoms with Gasteiger partial charge in [0.15, 0.2) is 0 Å². The highest BCUT2D eigenvalue weighted by Gasteiger charge is 2.21. The van der Waals surface area contributed by atoms with E-state index >= 15 is 0 Å². The van der Waals surface area contributed by atoms with Gasteiger partial charge in [-0.15, -0.1) is 0 Å². The first-order chi connectivity index (χ1) is 11.7. The molecule has 130 valence electrons. The van der Waals surface area contributed by atoms with Crippen molar-refractivity contribution >= 4 is 0 Å². The zero-order valence-corrected chi connectivity index (χ0v) is 14.3. The van der Waals surface area contributed by atoms with Crippen molar-refractivity contribution < 1.29 is 9.84 Å². The lowest BCUT2D eigenvalue weighted by Gasteiger charge is -2.26. The van der Waals surface area contributed by atoms with Crippen molar-refractivity contribution in [2.24, 2.45) is 0 Å². The van der Waals surface area contributed by atoms with E-state index in [2.05, 4.69) is 34.7 Å². The quantitative estimate of drug-likeness (QED) is 0.729. The number of hydrogen-bond donors (Lipinski definition) is 2. The molecule has 0 saturated heterocycles. The largest absolute Gasteiger partial charge is 0.389 e. The van der Waals surface area contributed by atoms with Gasteiger partial charge in [0.25, 0.3) is 0 Å². The maximum Gasteiger partial charge on any atom is 0.0897 e. The fourth-order valence-electron chi connectivity index (χ4n) is 3.22. The Bertz CT molecular complexity index is 641. The zero-order chi connectivity index (χ0) is 16.8. The minimum Gasteiger partial charge on any atom is -0.389 e. The fourth-order valence-corrected chi connectivity index (χ4v) is 3.22. The number of fused-ring (bicyclic) bond motifs is 1. The van der Waals surface area contributed by atoms with E-state index in [1.54, 1.807) is 0 Å². The summed E-state index contributed by atoms with van der Waals surface area (Å²) in [4.78, 5) is 0. The highest BCUT2D eigenvalue weighted by molar-refractivity contribution is 5.31. The number of aryl methyl sites for hydroxylation is 2. The van der Waals surface area contributed by atoms with Crippen LogP contribution in [0.4, 0.5) is 0 Å². The predicted octanol–water partition coefficient (Wildman–Crippen LogP) is 2.24. The van der Waals surface area contributed by atoms with E-state index in [4.69, 9.17) is 4.74 Å². The summed E-state index contributed by atoms with van der Waals surface area (Å²) in [5.74, 6) is 0. The average molecular weight is 329 g/mol. The summed E-state index contributed by atoms with van der Waals surface area (Å²) in [7, 11) is 0. The molecule has 1 aromatic heterocycles. The highest BCUT2D eigenvalue weighted by Crippen LogP contribution is 2.32.